The van der Waals surface area contributed by atoms with E-state index in [0.29, 0.717) is 0 Å². The third kappa shape index (κ3) is 21.1. The third-order valence-corrected chi connectivity index (χ3v) is 4.72. The van der Waals surface area contributed by atoms with Crippen molar-refractivity contribution < 1.29 is 15.0 Å². The smallest absolute Gasteiger partial charge is 0.306 e. The molecule has 0 aliphatic carbocycles. The van der Waals surface area contributed by atoms with Gasteiger partial charge < -0.3 is 10.2 Å². The lowest BCUT2D eigenvalue weighted by atomic mass is 10.0. The first-order valence-corrected chi connectivity index (χ1v) is 10.7. The largest absolute Gasteiger partial charge is 0.481 e. The molecule has 0 bridgehead atoms. The third-order valence-electron chi connectivity index (χ3n) is 4.72. The lowest BCUT2D eigenvalue weighted by Gasteiger charge is -2.03. The molecule has 0 saturated carbocycles. The molecule has 0 aliphatic rings. The zero-order chi connectivity index (χ0) is 18.6. The van der Waals surface area contributed by atoms with Crippen LogP contribution in [0, 0.1) is 0 Å². The van der Waals surface area contributed by atoms with Gasteiger partial charge in [0.2, 0.25) is 0 Å². The molecule has 0 radical (unpaired) electrons. The van der Waals surface area contributed by atoms with Crippen LogP contribution in [-0.2, 0) is 4.79 Å². The number of aliphatic hydroxyl groups excluding tert-OH is 1. The molecule has 0 heterocycles. The highest BCUT2D eigenvalue weighted by atomic mass is 16.4. The minimum Gasteiger partial charge on any atom is -0.481 e. The Bertz CT molecular complexity index is 312. The van der Waals surface area contributed by atoms with Crippen LogP contribution in [0.4, 0.5) is 0 Å². The summed E-state index contributed by atoms with van der Waals surface area (Å²) in [4.78, 5) is 10.4. The second-order valence-electron chi connectivity index (χ2n) is 7.33. The van der Waals surface area contributed by atoms with Crippen LogP contribution < -0.4 is 0 Å². The maximum atomic E-state index is 10.4. The van der Waals surface area contributed by atoms with Crippen LogP contribution in [0.15, 0.2) is 12.2 Å². The molecular formula is C22H42O3. The van der Waals surface area contributed by atoms with Crippen molar-refractivity contribution in [1.29, 1.82) is 0 Å². The normalized spacial score (nSPS) is 12.7. The Morgan fingerprint density at radius 3 is 1.56 bits per heavy atom. The zero-order valence-electron chi connectivity index (χ0n) is 16.6. The summed E-state index contributed by atoms with van der Waals surface area (Å²) in [6.45, 7) is 2.27. The molecule has 0 amide bonds. The highest BCUT2D eigenvalue weighted by Gasteiger charge is 2.04. The second kappa shape index (κ2) is 19.5. The first kappa shape index (κ1) is 24.2. The first-order valence-electron chi connectivity index (χ1n) is 10.7. The van der Waals surface area contributed by atoms with Crippen molar-refractivity contribution in [2.24, 2.45) is 0 Å². The second-order valence-corrected chi connectivity index (χ2v) is 7.33. The van der Waals surface area contributed by atoms with Gasteiger partial charge in [-0.05, 0) is 12.8 Å². The molecule has 0 rings (SSSR count). The van der Waals surface area contributed by atoms with Crippen molar-refractivity contribution in [3.8, 4) is 0 Å². The predicted molar refractivity (Wildman–Crippen MR) is 107 cm³/mol. The van der Waals surface area contributed by atoms with Crippen molar-refractivity contribution in [3.05, 3.63) is 12.2 Å². The molecule has 2 N–H and O–H groups in total. The predicted octanol–water partition coefficient (Wildman–Crippen LogP) is 6.64. The molecule has 0 saturated heterocycles. The van der Waals surface area contributed by atoms with Gasteiger partial charge in [-0.3, -0.25) is 4.79 Å². The van der Waals surface area contributed by atoms with Crippen molar-refractivity contribution >= 4 is 5.97 Å². The van der Waals surface area contributed by atoms with E-state index in [0.717, 1.165) is 12.8 Å². The zero-order valence-corrected chi connectivity index (χ0v) is 16.6. The minimum atomic E-state index is -0.955. The van der Waals surface area contributed by atoms with E-state index in [9.17, 15) is 9.90 Å². The monoisotopic (exact) mass is 354 g/mol. The molecule has 25 heavy (non-hydrogen) atoms. The van der Waals surface area contributed by atoms with E-state index in [4.69, 9.17) is 5.11 Å². The van der Waals surface area contributed by atoms with E-state index >= 15 is 0 Å². The van der Waals surface area contributed by atoms with E-state index < -0.39 is 12.1 Å². The highest BCUT2D eigenvalue weighted by molar-refractivity contribution is 5.67. The van der Waals surface area contributed by atoms with Gasteiger partial charge in [-0.25, -0.2) is 0 Å². The fourth-order valence-corrected chi connectivity index (χ4v) is 3.13. The Hall–Kier alpha value is -0.830. The number of hydrogen-bond donors (Lipinski definition) is 2. The first-order chi connectivity index (χ1) is 12.2. The van der Waals surface area contributed by atoms with E-state index in [-0.39, 0.29) is 6.42 Å². The Labute approximate surface area is 155 Å². The molecule has 0 aromatic carbocycles. The molecule has 0 aliphatic heterocycles. The van der Waals surface area contributed by atoms with Gasteiger partial charge in [0, 0.05) is 0 Å². The van der Waals surface area contributed by atoms with Crippen LogP contribution >= 0.6 is 0 Å². The molecule has 3 nitrogen and oxygen atoms in total. The molecule has 148 valence electrons. The van der Waals surface area contributed by atoms with Crippen molar-refractivity contribution in [2.75, 3.05) is 0 Å². The Morgan fingerprint density at radius 2 is 1.16 bits per heavy atom. The van der Waals surface area contributed by atoms with Crippen molar-refractivity contribution in [2.45, 2.75) is 122 Å². The topological polar surface area (TPSA) is 57.5 Å². The Balaban J connectivity index is 3.14. The van der Waals surface area contributed by atoms with E-state index in [2.05, 4.69) is 6.92 Å². The van der Waals surface area contributed by atoms with Crippen LogP contribution in [-0.4, -0.2) is 22.3 Å². The van der Waals surface area contributed by atoms with Crippen LogP contribution in [0.2, 0.25) is 0 Å². The van der Waals surface area contributed by atoms with Gasteiger partial charge in [0.25, 0.3) is 0 Å². The number of rotatable bonds is 19. The number of aliphatic hydroxyl groups is 1. The summed E-state index contributed by atoms with van der Waals surface area (Å²) in [6.07, 6.45) is 23.9. The van der Waals surface area contributed by atoms with E-state index in [1.807, 2.05) is 6.08 Å². The van der Waals surface area contributed by atoms with E-state index in [1.54, 1.807) is 6.08 Å². The van der Waals surface area contributed by atoms with Gasteiger partial charge in [-0.2, -0.15) is 0 Å². The summed E-state index contributed by atoms with van der Waals surface area (Å²) < 4.78 is 0. The van der Waals surface area contributed by atoms with Gasteiger partial charge in [0.1, 0.15) is 0 Å². The minimum absolute atomic E-state index is 0.199. The lowest BCUT2D eigenvalue weighted by molar-refractivity contribution is -0.138. The number of allylic oxidation sites excluding steroid dienone is 1. The van der Waals surface area contributed by atoms with E-state index in [1.165, 1.54) is 89.9 Å². The number of carbonyl (C=O) groups is 1. The summed E-state index contributed by atoms with van der Waals surface area (Å²) in [5.41, 5.74) is 0. The van der Waals surface area contributed by atoms with Crippen molar-refractivity contribution in [1.82, 2.24) is 0 Å². The summed E-state index contributed by atoms with van der Waals surface area (Å²) in [5.74, 6) is -0.955. The lowest BCUT2D eigenvalue weighted by Crippen LogP contribution is -2.09. The summed E-state index contributed by atoms with van der Waals surface area (Å²) in [7, 11) is 0. The van der Waals surface area contributed by atoms with Gasteiger partial charge >= 0.3 is 5.97 Å². The SMILES string of the molecule is CCCCCCCCCCCCCCCCC/C=C/C(O)CC(=O)O. The molecule has 3 heteroatoms. The fourth-order valence-electron chi connectivity index (χ4n) is 3.13. The van der Waals surface area contributed by atoms with Crippen LogP contribution in [0.5, 0.6) is 0 Å². The average Bonchev–Trinajstić information content (AvgIpc) is 2.57. The Morgan fingerprint density at radius 1 is 0.760 bits per heavy atom. The van der Waals surface area contributed by atoms with Crippen LogP contribution in [0.3, 0.4) is 0 Å². The number of unbranched alkanes of at least 4 members (excludes halogenated alkanes) is 15. The van der Waals surface area contributed by atoms with Gasteiger partial charge in [0.15, 0.2) is 0 Å². The van der Waals surface area contributed by atoms with Crippen molar-refractivity contribution in [3.63, 3.8) is 0 Å². The summed E-state index contributed by atoms with van der Waals surface area (Å²) in [6, 6.07) is 0. The molecule has 0 spiro atoms. The number of carboxylic acids is 1. The number of hydrogen-bond acceptors (Lipinski definition) is 2. The molecule has 0 aromatic heterocycles. The molecule has 0 fully saturated rings. The molecule has 0 aromatic rings. The maximum absolute atomic E-state index is 10.4. The van der Waals surface area contributed by atoms with Gasteiger partial charge in [0.05, 0.1) is 12.5 Å². The Kier molecular flexibility index (Phi) is 18.8. The summed E-state index contributed by atoms with van der Waals surface area (Å²) in [5, 5.41) is 17.9. The molecule has 1 atom stereocenters. The standard InChI is InChI=1S/C22H42O3/c1-2-3-4-5-6-7-8-9-10-11-12-13-14-15-16-17-18-19-21(23)20-22(24)25/h18-19,21,23H,2-17,20H2,1H3,(H,24,25)/b19-18+. The average molecular weight is 355 g/mol. The quantitative estimate of drug-likeness (QED) is 0.202. The molecular weight excluding hydrogens is 312 g/mol. The number of carboxylic acid groups (broad SMARTS) is 1. The fraction of sp³-hybridized carbons (Fsp3) is 0.864. The van der Waals surface area contributed by atoms with Gasteiger partial charge in [-0.15, -0.1) is 0 Å². The molecule has 1 unspecified atom stereocenters. The summed E-state index contributed by atoms with van der Waals surface area (Å²) >= 11 is 0. The number of aliphatic carboxylic acids is 1. The van der Waals surface area contributed by atoms with Crippen LogP contribution in [0.25, 0.3) is 0 Å². The van der Waals surface area contributed by atoms with Gasteiger partial charge in [-0.1, -0.05) is 109 Å². The maximum Gasteiger partial charge on any atom is 0.306 e. The highest BCUT2D eigenvalue weighted by Crippen LogP contribution is 2.13. The van der Waals surface area contributed by atoms with Crippen LogP contribution in [0.1, 0.15) is 116 Å².